The highest BCUT2D eigenvalue weighted by Crippen LogP contribution is 2.21. The van der Waals surface area contributed by atoms with E-state index in [1.165, 1.54) is 0 Å². The van der Waals surface area contributed by atoms with Crippen LogP contribution in [0.1, 0.15) is 44.6 Å². The Morgan fingerprint density at radius 2 is 2.07 bits per heavy atom. The highest BCUT2D eigenvalue weighted by molar-refractivity contribution is 5.85. The van der Waals surface area contributed by atoms with E-state index >= 15 is 0 Å². The third-order valence-electron chi connectivity index (χ3n) is 5.69. The van der Waals surface area contributed by atoms with Crippen molar-refractivity contribution in [1.82, 2.24) is 15.5 Å². The Kier molecular flexibility index (Phi) is 9.74. The van der Waals surface area contributed by atoms with E-state index in [0.29, 0.717) is 31.9 Å². The van der Waals surface area contributed by atoms with Crippen LogP contribution in [0, 0.1) is 5.92 Å². The number of nitrogens with one attached hydrogen (secondary N) is 2. The smallest absolute Gasteiger partial charge is 0.237 e. The number of nitrogens with zero attached hydrogens (tertiary/aromatic N) is 1. The molecule has 0 radical (unpaired) electrons. The van der Waals surface area contributed by atoms with Crippen LogP contribution in [0.2, 0.25) is 0 Å². The number of carbonyl (C=O) groups excluding carboxylic acids is 2. The molecule has 2 unspecified atom stereocenters. The molecule has 0 aromatic heterocycles. The molecule has 2 saturated heterocycles. The topological polar surface area (TPSA) is 70.7 Å². The van der Waals surface area contributed by atoms with Gasteiger partial charge in [-0.25, -0.2) is 0 Å². The molecule has 162 valence electrons. The van der Waals surface area contributed by atoms with E-state index in [4.69, 9.17) is 4.74 Å². The summed E-state index contributed by atoms with van der Waals surface area (Å²) in [6, 6.07) is 7.90. The Labute approximate surface area is 180 Å². The van der Waals surface area contributed by atoms with E-state index < -0.39 is 0 Å². The summed E-state index contributed by atoms with van der Waals surface area (Å²) in [5.74, 6) is 1.52. The maximum absolute atomic E-state index is 12.7. The average molecular weight is 424 g/mol. The number of benzene rings is 1. The second kappa shape index (κ2) is 12.0. The number of para-hydroxylation sites is 1. The molecule has 7 heteroatoms. The minimum Gasteiger partial charge on any atom is -0.494 e. The molecule has 6 nitrogen and oxygen atoms in total. The molecule has 1 aromatic carbocycles. The van der Waals surface area contributed by atoms with Gasteiger partial charge < -0.3 is 20.3 Å². The van der Waals surface area contributed by atoms with Crippen LogP contribution in [-0.4, -0.2) is 55.5 Å². The maximum atomic E-state index is 12.7. The first kappa shape index (κ1) is 23.5. The van der Waals surface area contributed by atoms with E-state index in [1.807, 2.05) is 36.1 Å². The normalized spacial score (nSPS) is 21.3. The number of ether oxygens (including phenoxy) is 1. The number of aryl methyl sites for hydroxylation is 1. The van der Waals surface area contributed by atoms with Crippen molar-refractivity contribution < 1.29 is 14.3 Å². The quantitative estimate of drug-likeness (QED) is 0.674. The van der Waals surface area contributed by atoms with Crippen LogP contribution < -0.4 is 15.4 Å². The van der Waals surface area contributed by atoms with Gasteiger partial charge in [-0.1, -0.05) is 18.2 Å². The molecular formula is C22H34ClN3O3. The fourth-order valence-corrected chi connectivity index (χ4v) is 4.14. The summed E-state index contributed by atoms with van der Waals surface area (Å²) in [5.41, 5.74) is 1.09. The van der Waals surface area contributed by atoms with Crippen LogP contribution in [0.3, 0.4) is 0 Å². The first-order valence-electron chi connectivity index (χ1n) is 10.7. The van der Waals surface area contributed by atoms with Gasteiger partial charge in [0.2, 0.25) is 11.8 Å². The SMILES string of the molecule is CCOc1ccccc1CCC(=O)N1CCCC(CNC(=O)C2CCCN2)C1.Cl. The third-order valence-corrected chi connectivity index (χ3v) is 5.69. The molecule has 3 rings (SSSR count). The second-order valence-electron chi connectivity index (χ2n) is 7.78. The Morgan fingerprint density at radius 1 is 1.24 bits per heavy atom. The fourth-order valence-electron chi connectivity index (χ4n) is 4.14. The lowest BCUT2D eigenvalue weighted by Gasteiger charge is -2.33. The minimum absolute atomic E-state index is 0. The van der Waals surface area contributed by atoms with Crippen molar-refractivity contribution in [3.05, 3.63) is 29.8 Å². The number of hydrogen-bond donors (Lipinski definition) is 2. The van der Waals surface area contributed by atoms with Crippen molar-refractivity contribution in [2.45, 2.75) is 51.5 Å². The zero-order valence-corrected chi connectivity index (χ0v) is 18.1. The van der Waals surface area contributed by atoms with Crippen molar-refractivity contribution in [2.24, 2.45) is 5.92 Å². The van der Waals surface area contributed by atoms with Crippen LogP contribution in [-0.2, 0) is 16.0 Å². The number of halogens is 1. The summed E-state index contributed by atoms with van der Waals surface area (Å²) in [7, 11) is 0. The van der Waals surface area contributed by atoms with Gasteiger partial charge in [0.1, 0.15) is 5.75 Å². The molecule has 0 spiro atoms. The molecular weight excluding hydrogens is 390 g/mol. The molecule has 0 saturated carbocycles. The standard InChI is InChI=1S/C22H33N3O3.ClH/c1-2-28-20-10-4-3-8-18(20)11-12-21(26)25-14-6-7-17(16-25)15-24-22(27)19-9-5-13-23-19;/h3-4,8,10,17,19,23H,2,5-7,9,11-16H2,1H3,(H,24,27);1H. The first-order chi connectivity index (χ1) is 13.7. The van der Waals surface area contributed by atoms with Crippen LogP contribution in [0.25, 0.3) is 0 Å². The Bertz CT molecular complexity index is 664. The molecule has 29 heavy (non-hydrogen) atoms. The van der Waals surface area contributed by atoms with Gasteiger partial charge in [0.05, 0.1) is 12.6 Å². The largest absolute Gasteiger partial charge is 0.494 e. The van der Waals surface area contributed by atoms with Crippen molar-refractivity contribution in [3.8, 4) is 5.75 Å². The lowest BCUT2D eigenvalue weighted by molar-refractivity contribution is -0.132. The van der Waals surface area contributed by atoms with Gasteiger partial charge in [-0.05, 0) is 63.1 Å². The van der Waals surface area contributed by atoms with E-state index in [2.05, 4.69) is 10.6 Å². The highest BCUT2D eigenvalue weighted by atomic mass is 35.5. The first-order valence-corrected chi connectivity index (χ1v) is 10.7. The van der Waals surface area contributed by atoms with Crippen LogP contribution >= 0.6 is 12.4 Å². The van der Waals surface area contributed by atoms with Gasteiger partial charge in [0, 0.05) is 26.1 Å². The Balaban J connectivity index is 0.00000300. The number of likely N-dealkylation sites (tertiary alicyclic amines) is 1. The number of carbonyl (C=O) groups is 2. The van der Waals surface area contributed by atoms with Crippen molar-refractivity contribution in [3.63, 3.8) is 0 Å². The molecule has 0 aliphatic carbocycles. The molecule has 2 atom stereocenters. The predicted octanol–water partition coefficient (Wildman–Crippen LogP) is 2.55. The van der Waals surface area contributed by atoms with Crippen molar-refractivity contribution >= 4 is 24.2 Å². The van der Waals surface area contributed by atoms with Gasteiger partial charge in [-0.3, -0.25) is 9.59 Å². The zero-order chi connectivity index (χ0) is 19.8. The van der Waals surface area contributed by atoms with E-state index in [-0.39, 0.29) is 30.3 Å². The monoisotopic (exact) mass is 423 g/mol. The lowest BCUT2D eigenvalue weighted by atomic mass is 9.97. The summed E-state index contributed by atoms with van der Waals surface area (Å²) < 4.78 is 5.66. The summed E-state index contributed by atoms with van der Waals surface area (Å²) in [5, 5.41) is 6.31. The predicted molar refractivity (Wildman–Crippen MR) is 117 cm³/mol. The number of rotatable bonds is 8. The number of piperidine rings is 1. The summed E-state index contributed by atoms with van der Waals surface area (Å²) >= 11 is 0. The number of hydrogen-bond acceptors (Lipinski definition) is 4. The molecule has 1 aromatic rings. The van der Waals surface area contributed by atoms with E-state index in [0.717, 1.165) is 56.6 Å². The van der Waals surface area contributed by atoms with Gasteiger partial charge in [-0.15, -0.1) is 12.4 Å². The van der Waals surface area contributed by atoms with Crippen LogP contribution in [0.15, 0.2) is 24.3 Å². The second-order valence-corrected chi connectivity index (χ2v) is 7.78. The maximum Gasteiger partial charge on any atom is 0.237 e. The third kappa shape index (κ3) is 6.89. The molecule has 2 aliphatic rings. The van der Waals surface area contributed by atoms with Crippen molar-refractivity contribution in [1.29, 1.82) is 0 Å². The molecule has 0 bridgehead atoms. The molecule has 2 amide bonds. The molecule has 2 fully saturated rings. The zero-order valence-electron chi connectivity index (χ0n) is 17.3. The van der Waals surface area contributed by atoms with Gasteiger partial charge in [-0.2, -0.15) is 0 Å². The lowest BCUT2D eigenvalue weighted by Crippen LogP contribution is -2.46. The molecule has 2 N–H and O–H groups in total. The van der Waals surface area contributed by atoms with Crippen LogP contribution in [0.4, 0.5) is 0 Å². The Hall–Kier alpha value is -1.79. The van der Waals surface area contributed by atoms with Crippen LogP contribution in [0.5, 0.6) is 5.75 Å². The van der Waals surface area contributed by atoms with Gasteiger partial charge in [0.15, 0.2) is 0 Å². The van der Waals surface area contributed by atoms with Gasteiger partial charge in [0.25, 0.3) is 0 Å². The fraction of sp³-hybridized carbons (Fsp3) is 0.636. The summed E-state index contributed by atoms with van der Waals surface area (Å²) in [6.45, 7) is 5.74. The van der Waals surface area contributed by atoms with Gasteiger partial charge >= 0.3 is 0 Å². The minimum atomic E-state index is -0.0354. The average Bonchev–Trinajstić information content (AvgIpc) is 3.26. The van der Waals surface area contributed by atoms with Crippen molar-refractivity contribution in [2.75, 3.05) is 32.8 Å². The molecule has 2 aliphatic heterocycles. The van der Waals surface area contributed by atoms with E-state index in [1.54, 1.807) is 0 Å². The highest BCUT2D eigenvalue weighted by Gasteiger charge is 2.26. The Morgan fingerprint density at radius 3 is 2.83 bits per heavy atom. The molecule has 2 heterocycles. The number of amides is 2. The summed E-state index contributed by atoms with van der Waals surface area (Å²) in [4.78, 5) is 26.9. The summed E-state index contributed by atoms with van der Waals surface area (Å²) in [6.07, 6.45) is 5.24. The van der Waals surface area contributed by atoms with E-state index in [9.17, 15) is 9.59 Å².